The van der Waals surface area contributed by atoms with E-state index in [0.717, 1.165) is 28.0 Å². The van der Waals surface area contributed by atoms with Crippen molar-refractivity contribution >= 4 is 39.7 Å². The summed E-state index contributed by atoms with van der Waals surface area (Å²) in [5.74, 6) is 0.752. The minimum atomic E-state index is -0.275. The van der Waals surface area contributed by atoms with Gasteiger partial charge < -0.3 is 8.98 Å². The van der Waals surface area contributed by atoms with Crippen molar-refractivity contribution in [3.63, 3.8) is 0 Å². The number of benzene rings is 3. The normalized spacial score (nSPS) is 11.8. The molecule has 0 spiro atoms. The van der Waals surface area contributed by atoms with Gasteiger partial charge in [-0.05, 0) is 74.9 Å². The Balaban J connectivity index is 1.53. The lowest BCUT2D eigenvalue weighted by atomic mass is 10.2. The number of rotatable bonds is 4. The number of fused-ring (bicyclic) bond motifs is 2. The van der Waals surface area contributed by atoms with E-state index in [0.29, 0.717) is 33.1 Å². The molecule has 0 unspecified atom stereocenters. The van der Waals surface area contributed by atoms with Gasteiger partial charge in [0.15, 0.2) is 5.76 Å². The summed E-state index contributed by atoms with van der Waals surface area (Å²) in [6, 6.07) is 24.8. The van der Waals surface area contributed by atoms with Gasteiger partial charge in [-0.3, -0.25) is 4.79 Å². The predicted molar refractivity (Wildman–Crippen MR) is 149 cm³/mol. The zero-order valence-corrected chi connectivity index (χ0v) is 21.3. The monoisotopic (exact) mass is 506 g/mol. The van der Waals surface area contributed by atoms with Crippen molar-refractivity contribution in [1.82, 2.24) is 14.2 Å². The lowest BCUT2D eigenvalue weighted by Crippen LogP contribution is -2.20. The maximum absolute atomic E-state index is 13.6. The zero-order chi connectivity index (χ0) is 25.7. The SMILES string of the molecule is Cc1ccccc1-n1c(C)cc(C=Nn2c(-c3cc4cc(Cl)ccc4o3)nc3ccccc3c2=O)c1C. The molecule has 0 aliphatic carbocycles. The van der Waals surface area contributed by atoms with E-state index in [4.69, 9.17) is 21.0 Å². The maximum atomic E-state index is 13.6. The Morgan fingerprint density at radius 2 is 1.73 bits per heavy atom. The zero-order valence-electron chi connectivity index (χ0n) is 20.6. The van der Waals surface area contributed by atoms with Gasteiger partial charge in [0.1, 0.15) is 5.58 Å². The van der Waals surface area contributed by atoms with Gasteiger partial charge in [-0.25, -0.2) is 4.98 Å². The van der Waals surface area contributed by atoms with Crippen molar-refractivity contribution in [3.8, 4) is 17.3 Å². The predicted octanol–water partition coefficient (Wildman–Crippen LogP) is 7.06. The molecule has 0 amide bonds. The third-order valence-corrected chi connectivity index (χ3v) is 6.83. The van der Waals surface area contributed by atoms with Crippen LogP contribution in [0.4, 0.5) is 0 Å². The summed E-state index contributed by atoms with van der Waals surface area (Å²) in [6.07, 6.45) is 1.71. The Kier molecular flexibility index (Phi) is 5.54. The van der Waals surface area contributed by atoms with E-state index in [1.54, 1.807) is 24.4 Å². The molecule has 6 nitrogen and oxygen atoms in total. The molecular formula is C30H23ClN4O2. The van der Waals surface area contributed by atoms with Crippen LogP contribution in [0.5, 0.6) is 0 Å². The molecule has 3 heterocycles. The summed E-state index contributed by atoms with van der Waals surface area (Å²) in [4.78, 5) is 18.3. The smallest absolute Gasteiger partial charge is 0.282 e. The fourth-order valence-corrected chi connectivity index (χ4v) is 4.92. The molecule has 37 heavy (non-hydrogen) atoms. The molecule has 7 heteroatoms. The Hall–Kier alpha value is -4.42. The van der Waals surface area contributed by atoms with Crippen LogP contribution in [0.15, 0.2) is 93.2 Å². The van der Waals surface area contributed by atoms with E-state index >= 15 is 0 Å². The highest BCUT2D eigenvalue weighted by Crippen LogP contribution is 2.29. The molecular weight excluding hydrogens is 484 g/mol. The van der Waals surface area contributed by atoms with E-state index in [2.05, 4.69) is 41.7 Å². The second kappa shape index (κ2) is 8.91. The van der Waals surface area contributed by atoms with Crippen LogP contribution in [0, 0.1) is 20.8 Å². The van der Waals surface area contributed by atoms with Gasteiger partial charge in [-0.2, -0.15) is 9.78 Å². The van der Waals surface area contributed by atoms with Crippen molar-refractivity contribution < 1.29 is 4.42 Å². The van der Waals surface area contributed by atoms with Gasteiger partial charge in [0.25, 0.3) is 5.56 Å². The van der Waals surface area contributed by atoms with Gasteiger partial charge in [-0.1, -0.05) is 41.9 Å². The molecule has 3 aromatic carbocycles. The lowest BCUT2D eigenvalue weighted by Gasteiger charge is -2.12. The summed E-state index contributed by atoms with van der Waals surface area (Å²) in [6.45, 7) is 6.20. The second-order valence-corrected chi connectivity index (χ2v) is 9.49. The average molecular weight is 507 g/mol. The van der Waals surface area contributed by atoms with Crippen molar-refractivity contribution in [2.45, 2.75) is 20.8 Å². The number of aryl methyl sites for hydroxylation is 2. The number of furan rings is 1. The Morgan fingerprint density at radius 1 is 0.946 bits per heavy atom. The highest BCUT2D eigenvalue weighted by molar-refractivity contribution is 6.31. The number of hydrogen-bond donors (Lipinski definition) is 0. The highest BCUT2D eigenvalue weighted by Gasteiger charge is 2.17. The molecule has 182 valence electrons. The summed E-state index contributed by atoms with van der Waals surface area (Å²) < 4.78 is 9.57. The minimum Gasteiger partial charge on any atom is -0.453 e. The van der Waals surface area contributed by atoms with Crippen LogP contribution in [-0.4, -0.2) is 20.4 Å². The van der Waals surface area contributed by atoms with Crippen LogP contribution in [0.3, 0.4) is 0 Å². The number of halogens is 1. The van der Waals surface area contributed by atoms with E-state index in [1.165, 1.54) is 10.2 Å². The first-order valence-electron chi connectivity index (χ1n) is 11.9. The lowest BCUT2D eigenvalue weighted by molar-refractivity contribution is 0.616. The number of hydrogen-bond acceptors (Lipinski definition) is 4. The number of para-hydroxylation sites is 2. The van der Waals surface area contributed by atoms with Gasteiger partial charge in [0.2, 0.25) is 5.82 Å². The van der Waals surface area contributed by atoms with E-state index in [1.807, 2.05) is 49.4 Å². The summed E-state index contributed by atoms with van der Waals surface area (Å²) in [5.41, 5.74) is 6.25. The third-order valence-electron chi connectivity index (χ3n) is 6.59. The first-order chi connectivity index (χ1) is 17.9. The molecule has 0 bridgehead atoms. The number of nitrogens with zero attached hydrogens (tertiary/aromatic N) is 4. The quantitative estimate of drug-likeness (QED) is 0.240. The Labute approximate surface area is 218 Å². The fourth-order valence-electron chi connectivity index (χ4n) is 4.74. The van der Waals surface area contributed by atoms with Gasteiger partial charge in [0.05, 0.1) is 17.1 Å². The number of aromatic nitrogens is 3. The molecule has 0 saturated heterocycles. The minimum absolute atomic E-state index is 0.275. The molecule has 0 aliphatic rings. The molecule has 3 aromatic heterocycles. The fraction of sp³-hybridized carbons (Fsp3) is 0.100. The molecule has 6 aromatic rings. The van der Waals surface area contributed by atoms with Crippen LogP contribution in [0.2, 0.25) is 5.02 Å². The van der Waals surface area contributed by atoms with Crippen LogP contribution in [0.25, 0.3) is 39.1 Å². The largest absolute Gasteiger partial charge is 0.453 e. The standard InChI is InChI=1S/C30H23ClN4O2/c1-18-8-4-7-11-26(18)34-19(2)14-22(20(34)3)17-32-35-29(33-25-10-6-5-9-24(25)30(35)36)28-16-21-15-23(31)12-13-27(21)37-28/h4-17H,1-3H3. The topological polar surface area (TPSA) is 65.3 Å². The first kappa shape index (κ1) is 23.0. The molecule has 0 radical (unpaired) electrons. The molecule has 0 saturated carbocycles. The maximum Gasteiger partial charge on any atom is 0.282 e. The molecule has 0 aliphatic heterocycles. The summed E-state index contributed by atoms with van der Waals surface area (Å²) >= 11 is 6.17. The van der Waals surface area contributed by atoms with Gasteiger partial charge >= 0.3 is 0 Å². The third kappa shape index (κ3) is 3.96. The van der Waals surface area contributed by atoms with Crippen molar-refractivity contribution in [2.75, 3.05) is 0 Å². The van der Waals surface area contributed by atoms with E-state index < -0.39 is 0 Å². The van der Waals surface area contributed by atoms with Crippen LogP contribution in [0.1, 0.15) is 22.5 Å². The Morgan fingerprint density at radius 3 is 2.57 bits per heavy atom. The molecule has 0 atom stereocenters. The van der Waals surface area contributed by atoms with E-state index in [-0.39, 0.29) is 5.56 Å². The van der Waals surface area contributed by atoms with Crippen LogP contribution >= 0.6 is 11.6 Å². The molecule has 0 fully saturated rings. The molecule has 6 rings (SSSR count). The first-order valence-corrected chi connectivity index (χ1v) is 12.3. The second-order valence-electron chi connectivity index (χ2n) is 9.06. The van der Waals surface area contributed by atoms with Crippen molar-refractivity contribution in [1.29, 1.82) is 0 Å². The van der Waals surface area contributed by atoms with Crippen molar-refractivity contribution in [2.24, 2.45) is 5.10 Å². The van der Waals surface area contributed by atoms with Gasteiger partial charge in [0, 0.05) is 33.0 Å². The van der Waals surface area contributed by atoms with Gasteiger partial charge in [-0.15, -0.1) is 0 Å². The average Bonchev–Trinajstić information content (AvgIpc) is 3.43. The van der Waals surface area contributed by atoms with Crippen molar-refractivity contribution in [3.05, 3.63) is 117 Å². The van der Waals surface area contributed by atoms with Crippen LogP contribution in [-0.2, 0) is 0 Å². The van der Waals surface area contributed by atoms with Crippen LogP contribution < -0.4 is 5.56 Å². The summed E-state index contributed by atoms with van der Waals surface area (Å²) in [5, 5.41) is 6.54. The Bertz CT molecular complexity index is 1910. The molecule has 0 N–H and O–H groups in total. The summed E-state index contributed by atoms with van der Waals surface area (Å²) in [7, 11) is 0. The highest BCUT2D eigenvalue weighted by atomic mass is 35.5. The van der Waals surface area contributed by atoms with E-state index in [9.17, 15) is 4.79 Å².